The van der Waals surface area contributed by atoms with E-state index in [2.05, 4.69) is 10.3 Å². The van der Waals surface area contributed by atoms with Crippen molar-refractivity contribution >= 4 is 28.2 Å². The molecular formula is C17H14ClFN2. The number of halogens is 2. The zero-order chi connectivity index (χ0) is 14.8. The summed E-state index contributed by atoms with van der Waals surface area (Å²) in [6, 6.07) is 14.8. The molecule has 1 N–H and O–H groups in total. The third-order valence-electron chi connectivity index (χ3n) is 3.29. The van der Waals surface area contributed by atoms with Crippen LogP contribution in [-0.2, 0) is 0 Å². The van der Waals surface area contributed by atoms with Gasteiger partial charge in [-0.1, -0.05) is 41.9 Å². The highest BCUT2D eigenvalue weighted by Crippen LogP contribution is 2.31. The molecule has 1 aromatic heterocycles. The minimum absolute atomic E-state index is 0.107. The van der Waals surface area contributed by atoms with E-state index in [0.717, 1.165) is 28.9 Å². The van der Waals surface area contributed by atoms with E-state index in [1.807, 2.05) is 43.3 Å². The number of hydrogen-bond donors (Lipinski definition) is 1. The van der Waals surface area contributed by atoms with E-state index >= 15 is 0 Å². The lowest BCUT2D eigenvalue weighted by molar-refractivity contribution is 0.630. The number of rotatable bonds is 3. The Morgan fingerprint density at radius 3 is 2.62 bits per heavy atom. The number of anilines is 1. The van der Waals surface area contributed by atoms with Crippen LogP contribution in [-0.4, -0.2) is 11.5 Å². The van der Waals surface area contributed by atoms with Crippen LogP contribution in [0.4, 0.5) is 10.1 Å². The van der Waals surface area contributed by atoms with Gasteiger partial charge in [-0.25, -0.2) is 9.37 Å². The summed E-state index contributed by atoms with van der Waals surface area (Å²) in [4.78, 5) is 4.55. The molecule has 0 atom stereocenters. The normalized spacial score (nSPS) is 10.8. The van der Waals surface area contributed by atoms with Gasteiger partial charge in [0.2, 0.25) is 0 Å². The summed E-state index contributed by atoms with van der Waals surface area (Å²) in [5, 5.41) is 4.22. The molecule has 3 aromatic rings. The standard InChI is InChI=1S/C17H14ClFN2/c1-2-20-16-10-15(11-6-4-3-5-7-11)21-17-9-14(19)13(18)8-12(16)17/h3-10H,2H2,1H3,(H,20,21). The molecule has 0 amide bonds. The average Bonchev–Trinajstić information content (AvgIpc) is 2.50. The molecule has 0 aliphatic rings. The van der Waals surface area contributed by atoms with E-state index < -0.39 is 5.82 Å². The fourth-order valence-corrected chi connectivity index (χ4v) is 2.48. The zero-order valence-corrected chi connectivity index (χ0v) is 12.3. The van der Waals surface area contributed by atoms with Gasteiger partial charge in [-0.05, 0) is 19.1 Å². The monoisotopic (exact) mass is 300 g/mol. The second kappa shape index (κ2) is 5.70. The second-order valence-electron chi connectivity index (χ2n) is 4.73. The Bertz CT molecular complexity index is 788. The summed E-state index contributed by atoms with van der Waals surface area (Å²) in [5.74, 6) is -0.454. The van der Waals surface area contributed by atoms with E-state index in [-0.39, 0.29) is 5.02 Å². The highest BCUT2D eigenvalue weighted by atomic mass is 35.5. The molecule has 0 radical (unpaired) electrons. The van der Waals surface area contributed by atoms with Crippen molar-refractivity contribution in [1.29, 1.82) is 0 Å². The Balaban J connectivity index is 2.26. The van der Waals surface area contributed by atoms with Gasteiger partial charge in [-0.3, -0.25) is 0 Å². The molecule has 0 saturated heterocycles. The fraction of sp³-hybridized carbons (Fsp3) is 0.118. The van der Waals surface area contributed by atoms with Crippen molar-refractivity contribution in [2.24, 2.45) is 0 Å². The highest BCUT2D eigenvalue weighted by molar-refractivity contribution is 6.31. The Morgan fingerprint density at radius 1 is 1.14 bits per heavy atom. The number of hydrogen-bond acceptors (Lipinski definition) is 2. The first kappa shape index (κ1) is 13.8. The van der Waals surface area contributed by atoms with E-state index in [9.17, 15) is 4.39 Å². The molecule has 0 unspecified atom stereocenters. The molecule has 2 aromatic carbocycles. The smallest absolute Gasteiger partial charge is 0.143 e. The first-order valence-corrected chi connectivity index (χ1v) is 7.16. The summed E-state index contributed by atoms with van der Waals surface area (Å²) < 4.78 is 13.7. The lowest BCUT2D eigenvalue weighted by Gasteiger charge is -2.11. The summed E-state index contributed by atoms with van der Waals surface area (Å²) in [6.07, 6.45) is 0. The van der Waals surface area contributed by atoms with Gasteiger partial charge in [0.05, 0.1) is 16.2 Å². The van der Waals surface area contributed by atoms with Gasteiger partial charge in [0.1, 0.15) is 5.82 Å². The Labute approximate surface area is 127 Å². The van der Waals surface area contributed by atoms with Crippen LogP contribution in [0, 0.1) is 5.82 Å². The summed E-state index contributed by atoms with van der Waals surface area (Å²) in [5.41, 5.74) is 3.30. The second-order valence-corrected chi connectivity index (χ2v) is 5.14. The first-order chi connectivity index (χ1) is 10.2. The van der Waals surface area contributed by atoms with Crippen molar-refractivity contribution < 1.29 is 4.39 Å². The maximum atomic E-state index is 13.7. The van der Waals surface area contributed by atoms with Gasteiger partial charge < -0.3 is 5.32 Å². The zero-order valence-electron chi connectivity index (χ0n) is 11.5. The number of fused-ring (bicyclic) bond motifs is 1. The SMILES string of the molecule is CCNc1cc(-c2ccccc2)nc2cc(F)c(Cl)cc12. The molecule has 0 aliphatic heterocycles. The first-order valence-electron chi connectivity index (χ1n) is 6.78. The molecule has 21 heavy (non-hydrogen) atoms. The van der Waals surface area contributed by atoms with E-state index in [0.29, 0.717) is 5.52 Å². The van der Waals surface area contributed by atoms with Crippen LogP contribution in [0.15, 0.2) is 48.5 Å². The minimum Gasteiger partial charge on any atom is -0.385 e. The fourth-order valence-electron chi connectivity index (χ4n) is 2.31. The topological polar surface area (TPSA) is 24.9 Å². The van der Waals surface area contributed by atoms with Crippen LogP contribution in [0.5, 0.6) is 0 Å². The molecule has 4 heteroatoms. The third kappa shape index (κ3) is 2.69. The maximum Gasteiger partial charge on any atom is 0.143 e. The van der Waals surface area contributed by atoms with E-state index in [4.69, 9.17) is 11.6 Å². The Morgan fingerprint density at radius 2 is 1.90 bits per heavy atom. The molecule has 0 bridgehead atoms. The summed E-state index contributed by atoms with van der Waals surface area (Å²) >= 11 is 5.89. The molecule has 0 saturated carbocycles. The number of aromatic nitrogens is 1. The minimum atomic E-state index is -0.454. The van der Waals surface area contributed by atoms with Crippen LogP contribution in [0.25, 0.3) is 22.2 Å². The summed E-state index contributed by atoms with van der Waals surface area (Å²) in [7, 11) is 0. The molecule has 0 aliphatic carbocycles. The van der Waals surface area contributed by atoms with E-state index in [1.165, 1.54) is 6.07 Å². The van der Waals surface area contributed by atoms with Gasteiger partial charge in [0.25, 0.3) is 0 Å². The predicted octanol–water partition coefficient (Wildman–Crippen LogP) is 5.13. The quantitative estimate of drug-likeness (QED) is 0.725. The predicted molar refractivity (Wildman–Crippen MR) is 86.3 cm³/mol. The summed E-state index contributed by atoms with van der Waals surface area (Å²) in [6.45, 7) is 2.78. The maximum absolute atomic E-state index is 13.7. The van der Waals surface area contributed by atoms with Crippen molar-refractivity contribution in [1.82, 2.24) is 4.98 Å². The van der Waals surface area contributed by atoms with Gasteiger partial charge >= 0.3 is 0 Å². The van der Waals surface area contributed by atoms with Gasteiger partial charge in [-0.15, -0.1) is 0 Å². The van der Waals surface area contributed by atoms with Crippen LogP contribution in [0.1, 0.15) is 6.92 Å². The molecular weight excluding hydrogens is 287 g/mol. The number of pyridine rings is 1. The number of nitrogens with zero attached hydrogens (tertiary/aromatic N) is 1. The van der Waals surface area contributed by atoms with Gasteiger partial charge in [-0.2, -0.15) is 0 Å². The van der Waals surface area contributed by atoms with Crippen LogP contribution < -0.4 is 5.32 Å². The number of benzene rings is 2. The Hall–Kier alpha value is -2.13. The lowest BCUT2D eigenvalue weighted by atomic mass is 10.1. The van der Waals surface area contributed by atoms with Gasteiger partial charge in [0.15, 0.2) is 0 Å². The van der Waals surface area contributed by atoms with Crippen molar-refractivity contribution in [3.05, 3.63) is 59.4 Å². The van der Waals surface area contributed by atoms with Crippen molar-refractivity contribution in [2.45, 2.75) is 6.92 Å². The Kier molecular flexibility index (Phi) is 3.76. The largest absolute Gasteiger partial charge is 0.385 e. The molecule has 0 spiro atoms. The van der Waals surface area contributed by atoms with Gasteiger partial charge in [0, 0.05) is 29.2 Å². The van der Waals surface area contributed by atoms with Crippen molar-refractivity contribution in [3.8, 4) is 11.3 Å². The highest BCUT2D eigenvalue weighted by Gasteiger charge is 2.10. The van der Waals surface area contributed by atoms with Crippen molar-refractivity contribution in [3.63, 3.8) is 0 Å². The molecule has 106 valence electrons. The molecule has 0 fully saturated rings. The molecule has 2 nitrogen and oxygen atoms in total. The number of nitrogens with one attached hydrogen (secondary N) is 1. The lowest BCUT2D eigenvalue weighted by Crippen LogP contribution is -1.99. The average molecular weight is 301 g/mol. The molecule has 1 heterocycles. The van der Waals surface area contributed by atoms with E-state index in [1.54, 1.807) is 6.07 Å². The van der Waals surface area contributed by atoms with Crippen molar-refractivity contribution in [2.75, 3.05) is 11.9 Å². The van der Waals surface area contributed by atoms with Crippen LogP contribution >= 0.6 is 11.6 Å². The molecule has 3 rings (SSSR count). The van der Waals surface area contributed by atoms with Crippen LogP contribution in [0.3, 0.4) is 0 Å². The third-order valence-corrected chi connectivity index (χ3v) is 3.58. The van der Waals surface area contributed by atoms with Crippen LogP contribution in [0.2, 0.25) is 5.02 Å².